The monoisotopic (exact) mass is 414 g/mol. The molecule has 0 amide bonds. The second-order valence-corrected chi connectivity index (χ2v) is 8.66. The molecule has 2 unspecified atom stereocenters. The van der Waals surface area contributed by atoms with Crippen molar-refractivity contribution >= 4 is 16.6 Å². The molecule has 1 fully saturated rings. The Morgan fingerprint density at radius 3 is 2.69 bits per heavy atom. The Morgan fingerprint density at radius 2 is 2.07 bits per heavy atom. The highest BCUT2D eigenvalue weighted by Gasteiger charge is 2.22. The first-order chi connectivity index (χ1) is 14.0. The van der Waals surface area contributed by atoms with Gasteiger partial charge < -0.3 is 10.1 Å². The molecular formula is C23H27FN2O2S. The Labute approximate surface area is 174 Å². The first kappa shape index (κ1) is 21.2. The second kappa shape index (κ2) is 9.83. The number of hydrogen-bond donors (Lipinski definition) is 1. The molecule has 0 aromatic heterocycles. The van der Waals surface area contributed by atoms with E-state index in [1.54, 1.807) is 19.2 Å². The average Bonchev–Trinajstić information content (AvgIpc) is 3.13. The van der Waals surface area contributed by atoms with Crippen molar-refractivity contribution in [2.45, 2.75) is 32.7 Å². The minimum absolute atomic E-state index is 0.0354. The number of benzene rings is 2. The van der Waals surface area contributed by atoms with Crippen molar-refractivity contribution < 1.29 is 13.3 Å². The van der Waals surface area contributed by atoms with E-state index in [1.165, 1.54) is 12.1 Å². The van der Waals surface area contributed by atoms with Crippen molar-refractivity contribution in [1.29, 1.82) is 0 Å². The van der Waals surface area contributed by atoms with Crippen molar-refractivity contribution in [3.63, 3.8) is 0 Å². The lowest BCUT2D eigenvalue weighted by Gasteiger charge is -2.17. The highest BCUT2D eigenvalue weighted by atomic mass is 32.2. The Bertz CT molecular complexity index is 939. The molecule has 1 N–H and O–H groups in total. The summed E-state index contributed by atoms with van der Waals surface area (Å²) in [6, 6.07) is 10.4. The molecule has 6 heteroatoms. The zero-order valence-corrected chi connectivity index (χ0v) is 17.9. The van der Waals surface area contributed by atoms with Gasteiger partial charge in [-0.2, -0.15) is 0 Å². The van der Waals surface area contributed by atoms with E-state index in [1.807, 2.05) is 31.3 Å². The molecule has 1 aliphatic heterocycles. The number of methoxy groups -OCH3 is 1. The predicted molar refractivity (Wildman–Crippen MR) is 119 cm³/mol. The van der Waals surface area contributed by atoms with E-state index in [4.69, 9.17) is 9.73 Å². The molecule has 1 saturated heterocycles. The fourth-order valence-corrected chi connectivity index (χ4v) is 4.70. The average molecular weight is 415 g/mol. The molecule has 0 spiro atoms. The molecule has 2 aromatic rings. The molecule has 4 nitrogen and oxygen atoms in total. The van der Waals surface area contributed by atoms with Gasteiger partial charge in [-0.25, -0.2) is 4.39 Å². The number of amidine groups is 1. The van der Waals surface area contributed by atoms with Crippen LogP contribution in [0, 0.1) is 12.7 Å². The van der Waals surface area contributed by atoms with E-state index >= 15 is 0 Å². The lowest BCUT2D eigenvalue weighted by molar-refractivity contribution is 0.412. The van der Waals surface area contributed by atoms with Crippen LogP contribution in [-0.2, 0) is 10.8 Å². The molecular weight excluding hydrogens is 387 g/mol. The van der Waals surface area contributed by atoms with E-state index < -0.39 is 10.8 Å². The summed E-state index contributed by atoms with van der Waals surface area (Å²) in [4.78, 5) is 4.90. The van der Waals surface area contributed by atoms with Crippen LogP contribution in [0.3, 0.4) is 0 Å². The SMILES string of the molecule is CC/C=C/NC(=NC1CCS(=O)C1)c1cc(-c2ccc(F)cc2)cc(OC)c1C. The molecule has 1 heterocycles. The first-order valence-electron chi connectivity index (χ1n) is 9.81. The van der Waals surface area contributed by atoms with Gasteiger partial charge in [0.15, 0.2) is 0 Å². The zero-order valence-electron chi connectivity index (χ0n) is 17.1. The van der Waals surface area contributed by atoms with Gasteiger partial charge in [0.2, 0.25) is 0 Å². The number of allylic oxidation sites excluding steroid dienone is 1. The molecule has 3 rings (SSSR count). The fourth-order valence-electron chi connectivity index (χ4n) is 3.33. The molecule has 0 radical (unpaired) electrons. The van der Waals surface area contributed by atoms with Crippen LogP contribution < -0.4 is 10.1 Å². The van der Waals surface area contributed by atoms with Gasteiger partial charge in [0, 0.05) is 33.4 Å². The summed E-state index contributed by atoms with van der Waals surface area (Å²) in [7, 11) is 0.847. The topological polar surface area (TPSA) is 50.7 Å². The Hall–Kier alpha value is -2.47. The summed E-state index contributed by atoms with van der Waals surface area (Å²) in [5, 5.41) is 3.31. The molecule has 0 bridgehead atoms. The van der Waals surface area contributed by atoms with Crippen LogP contribution in [0.4, 0.5) is 4.39 Å². The number of ether oxygens (including phenoxy) is 1. The van der Waals surface area contributed by atoms with Gasteiger partial charge >= 0.3 is 0 Å². The maximum absolute atomic E-state index is 13.4. The highest BCUT2D eigenvalue weighted by molar-refractivity contribution is 7.85. The summed E-state index contributed by atoms with van der Waals surface area (Å²) in [6.07, 6.45) is 5.65. The van der Waals surface area contributed by atoms with Gasteiger partial charge in [-0.05, 0) is 61.4 Å². The van der Waals surface area contributed by atoms with Crippen molar-refractivity contribution in [3.8, 4) is 16.9 Å². The maximum atomic E-state index is 13.4. The highest BCUT2D eigenvalue weighted by Crippen LogP contribution is 2.31. The molecule has 154 valence electrons. The van der Waals surface area contributed by atoms with Gasteiger partial charge in [0.05, 0.1) is 13.2 Å². The van der Waals surface area contributed by atoms with E-state index in [9.17, 15) is 8.60 Å². The lowest BCUT2D eigenvalue weighted by Crippen LogP contribution is -2.23. The number of aliphatic imine (C=N–C) groups is 1. The van der Waals surface area contributed by atoms with Crippen LogP contribution in [0.15, 0.2) is 53.7 Å². The molecule has 2 aromatic carbocycles. The third kappa shape index (κ3) is 5.32. The zero-order chi connectivity index (χ0) is 20.8. The van der Waals surface area contributed by atoms with Crippen LogP contribution in [0.25, 0.3) is 11.1 Å². The number of rotatable bonds is 6. The van der Waals surface area contributed by atoms with Crippen LogP contribution in [0.1, 0.15) is 30.9 Å². The molecule has 1 aliphatic rings. The van der Waals surface area contributed by atoms with Gasteiger partial charge in [0.25, 0.3) is 0 Å². The van der Waals surface area contributed by atoms with Gasteiger partial charge in [-0.15, -0.1) is 0 Å². The molecule has 2 atom stereocenters. The summed E-state index contributed by atoms with van der Waals surface area (Å²) < 4.78 is 30.8. The van der Waals surface area contributed by atoms with Crippen LogP contribution >= 0.6 is 0 Å². The Kier molecular flexibility index (Phi) is 7.20. The number of hydrogen-bond acceptors (Lipinski definition) is 3. The van der Waals surface area contributed by atoms with Crippen LogP contribution in [0.2, 0.25) is 0 Å². The quantitative estimate of drug-likeness (QED) is 0.556. The van der Waals surface area contributed by atoms with Crippen LogP contribution in [0.5, 0.6) is 5.75 Å². The van der Waals surface area contributed by atoms with Gasteiger partial charge in [-0.3, -0.25) is 9.20 Å². The fraction of sp³-hybridized carbons (Fsp3) is 0.348. The first-order valence-corrected chi connectivity index (χ1v) is 11.3. The van der Waals surface area contributed by atoms with Gasteiger partial charge in [0.1, 0.15) is 17.4 Å². The lowest BCUT2D eigenvalue weighted by atomic mass is 9.97. The maximum Gasteiger partial charge on any atom is 0.132 e. The Morgan fingerprint density at radius 1 is 1.31 bits per heavy atom. The summed E-state index contributed by atoms with van der Waals surface area (Å²) in [5.74, 6) is 2.50. The normalized spacial score (nSPS) is 19.7. The van der Waals surface area contributed by atoms with Crippen molar-refractivity contribution in [2.75, 3.05) is 18.6 Å². The molecule has 29 heavy (non-hydrogen) atoms. The standard InChI is InChI=1S/C23H27FN2O2S/c1-4-5-11-25-23(26-20-10-12-29(27)15-20)21-13-18(14-22(28-3)16(21)2)17-6-8-19(24)9-7-17/h5-9,11,13-14,20H,4,10,12,15H2,1-3H3,(H,25,26)/b11-5+. The number of nitrogens with one attached hydrogen (secondary N) is 1. The Balaban J connectivity index is 2.08. The van der Waals surface area contributed by atoms with E-state index in [2.05, 4.69) is 12.2 Å². The third-order valence-corrected chi connectivity index (χ3v) is 6.40. The summed E-state index contributed by atoms with van der Waals surface area (Å²) in [5.41, 5.74) is 3.71. The molecule has 0 saturated carbocycles. The van der Waals surface area contributed by atoms with E-state index in [0.29, 0.717) is 11.5 Å². The largest absolute Gasteiger partial charge is 0.496 e. The smallest absolute Gasteiger partial charge is 0.132 e. The summed E-state index contributed by atoms with van der Waals surface area (Å²) >= 11 is 0. The van der Waals surface area contributed by atoms with Crippen molar-refractivity contribution in [2.24, 2.45) is 4.99 Å². The van der Waals surface area contributed by atoms with Crippen molar-refractivity contribution in [3.05, 3.63) is 65.6 Å². The van der Waals surface area contributed by atoms with E-state index in [-0.39, 0.29) is 11.9 Å². The minimum Gasteiger partial charge on any atom is -0.496 e. The van der Waals surface area contributed by atoms with Gasteiger partial charge in [-0.1, -0.05) is 25.1 Å². The number of halogens is 1. The number of nitrogens with zero attached hydrogens (tertiary/aromatic N) is 1. The second-order valence-electron chi connectivity index (χ2n) is 7.04. The predicted octanol–water partition coefficient (Wildman–Crippen LogP) is 4.59. The third-order valence-electron chi connectivity index (χ3n) is 4.95. The van der Waals surface area contributed by atoms with Crippen LogP contribution in [-0.4, -0.2) is 34.7 Å². The van der Waals surface area contributed by atoms with Crippen molar-refractivity contribution in [1.82, 2.24) is 5.32 Å². The van der Waals surface area contributed by atoms with E-state index in [0.717, 1.165) is 46.7 Å². The summed E-state index contributed by atoms with van der Waals surface area (Å²) in [6.45, 7) is 4.06. The minimum atomic E-state index is -0.794. The molecule has 0 aliphatic carbocycles.